The van der Waals surface area contributed by atoms with Gasteiger partial charge in [0.1, 0.15) is 5.82 Å². The first-order valence-electron chi connectivity index (χ1n) is 8.23. The molecule has 2 aromatic heterocycles. The number of ether oxygens (including phenoxy) is 1. The number of thiophene rings is 1. The van der Waals surface area contributed by atoms with Crippen LogP contribution in [0.3, 0.4) is 0 Å². The Hall–Kier alpha value is -1.50. The van der Waals surface area contributed by atoms with Crippen LogP contribution in [0.4, 0.5) is 5.82 Å². The quantitative estimate of drug-likeness (QED) is 0.934. The SMILES string of the molecule is c1csc(CN2CCC[C@@]3(C[C@@H](Nc4cnccn4)CO3)C2)c1. The zero-order valence-corrected chi connectivity index (χ0v) is 14.0. The van der Waals surface area contributed by atoms with Crippen molar-refractivity contribution in [3.05, 3.63) is 41.0 Å². The van der Waals surface area contributed by atoms with Crippen LogP contribution >= 0.6 is 11.3 Å². The summed E-state index contributed by atoms with van der Waals surface area (Å²) in [5.74, 6) is 0.837. The van der Waals surface area contributed by atoms with Crippen molar-refractivity contribution >= 4 is 17.2 Å². The number of hydrogen-bond acceptors (Lipinski definition) is 6. The molecule has 6 heteroatoms. The van der Waals surface area contributed by atoms with Gasteiger partial charge in [-0.05, 0) is 30.8 Å². The maximum Gasteiger partial charge on any atom is 0.144 e. The van der Waals surface area contributed by atoms with Crippen LogP contribution in [-0.2, 0) is 11.3 Å². The highest BCUT2D eigenvalue weighted by molar-refractivity contribution is 7.09. The molecule has 0 aromatic carbocycles. The lowest BCUT2D eigenvalue weighted by molar-refractivity contribution is -0.0531. The molecular weight excluding hydrogens is 308 g/mol. The Kier molecular flexibility index (Phi) is 4.29. The molecule has 4 rings (SSSR count). The molecule has 1 N–H and O–H groups in total. The Labute approximate surface area is 140 Å². The summed E-state index contributed by atoms with van der Waals surface area (Å²) in [5.41, 5.74) is 0.00931. The molecule has 122 valence electrons. The molecule has 0 radical (unpaired) electrons. The Morgan fingerprint density at radius 3 is 3.26 bits per heavy atom. The van der Waals surface area contributed by atoms with E-state index in [0.717, 1.165) is 38.4 Å². The van der Waals surface area contributed by atoms with Gasteiger partial charge < -0.3 is 10.1 Å². The number of aromatic nitrogens is 2. The van der Waals surface area contributed by atoms with Crippen molar-refractivity contribution in [2.45, 2.75) is 37.5 Å². The minimum Gasteiger partial charge on any atom is -0.371 e. The lowest BCUT2D eigenvalue weighted by Crippen LogP contribution is -2.47. The number of nitrogens with zero attached hydrogens (tertiary/aromatic N) is 3. The first-order chi connectivity index (χ1) is 11.3. The van der Waals surface area contributed by atoms with Crippen LogP contribution in [0.25, 0.3) is 0 Å². The van der Waals surface area contributed by atoms with E-state index in [9.17, 15) is 0 Å². The van der Waals surface area contributed by atoms with Crippen LogP contribution in [0, 0.1) is 0 Å². The topological polar surface area (TPSA) is 50.3 Å². The van der Waals surface area contributed by atoms with E-state index in [0.29, 0.717) is 6.04 Å². The van der Waals surface area contributed by atoms with Crippen LogP contribution in [0.5, 0.6) is 0 Å². The fourth-order valence-corrected chi connectivity index (χ4v) is 4.50. The molecule has 23 heavy (non-hydrogen) atoms. The van der Waals surface area contributed by atoms with E-state index in [1.54, 1.807) is 18.6 Å². The maximum atomic E-state index is 6.27. The van der Waals surface area contributed by atoms with Crippen molar-refractivity contribution < 1.29 is 4.74 Å². The summed E-state index contributed by atoms with van der Waals surface area (Å²) in [6.07, 6.45) is 8.61. The fraction of sp³-hybridized carbons (Fsp3) is 0.529. The fourth-order valence-electron chi connectivity index (χ4n) is 3.75. The smallest absolute Gasteiger partial charge is 0.144 e. The predicted molar refractivity (Wildman–Crippen MR) is 91.6 cm³/mol. The molecule has 4 heterocycles. The van der Waals surface area contributed by atoms with Crippen LogP contribution in [-0.4, -0.2) is 46.2 Å². The third-order valence-corrected chi connectivity index (χ3v) is 5.56. The Morgan fingerprint density at radius 1 is 1.43 bits per heavy atom. The Morgan fingerprint density at radius 2 is 2.43 bits per heavy atom. The number of nitrogens with one attached hydrogen (secondary N) is 1. The van der Waals surface area contributed by atoms with Gasteiger partial charge in [-0.15, -0.1) is 11.3 Å². The largest absolute Gasteiger partial charge is 0.371 e. The van der Waals surface area contributed by atoms with Crippen molar-refractivity contribution in [1.29, 1.82) is 0 Å². The van der Waals surface area contributed by atoms with Crippen molar-refractivity contribution in [3.63, 3.8) is 0 Å². The van der Waals surface area contributed by atoms with Crippen molar-refractivity contribution in [3.8, 4) is 0 Å². The molecule has 0 saturated carbocycles. The summed E-state index contributed by atoms with van der Waals surface area (Å²) in [6.45, 7) is 4.00. The molecule has 2 aromatic rings. The highest BCUT2D eigenvalue weighted by Crippen LogP contribution is 2.36. The van der Waals surface area contributed by atoms with E-state index in [1.807, 2.05) is 11.3 Å². The minimum absolute atomic E-state index is 0.00931. The lowest BCUT2D eigenvalue weighted by Gasteiger charge is -2.39. The standard InChI is InChI=1S/C17H22N4OS/c1-3-15(23-8-1)11-21-7-2-4-17(13-21)9-14(12-22-17)20-16-10-18-5-6-19-16/h1,3,5-6,8,10,14H,2,4,7,9,11-13H2,(H,19,20)/t14-,17-/m1/s1. The van der Waals surface area contributed by atoms with Crippen LogP contribution in [0.2, 0.25) is 0 Å². The maximum absolute atomic E-state index is 6.27. The summed E-state index contributed by atoms with van der Waals surface area (Å²) < 4.78 is 6.27. The van der Waals surface area contributed by atoms with Crippen molar-refractivity contribution in [2.75, 3.05) is 25.0 Å². The highest BCUT2D eigenvalue weighted by Gasteiger charge is 2.43. The zero-order valence-electron chi connectivity index (χ0n) is 13.1. The second-order valence-electron chi connectivity index (χ2n) is 6.52. The van der Waals surface area contributed by atoms with Crippen LogP contribution < -0.4 is 5.32 Å². The number of piperidine rings is 1. The first-order valence-corrected chi connectivity index (χ1v) is 9.11. The molecule has 0 amide bonds. The summed E-state index contributed by atoms with van der Waals surface area (Å²) in [5, 5.41) is 5.61. The normalized spacial score (nSPS) is 28.3. The second kappa shape index (κ2) is 6.55. The van der Waals surface area contributed by atoms with Gasteiger partial charge in [-0.25, -0.2) is 4.98 Å². The van der Waals surface area contributed by atoms with E-state index in [2.05, 4.69) is 37.7 Å². The predicted octanol–water partition coefficient (Wildman–Crippen LogP) is 2.77. The van der Waals surface area contributed by atoms with E-state index in [-0.39, 0.29) is 5.60 Å². The average molecular weight is 330 g/mol. The Balaban J connectivity index is 1.37. The van der Waals surface area contributed by atoms with Crippen molar-refractivity contribution in [1.82, 2.24) is 14.9 Å². The molecule has 2 fully saturated rings. The van der Waals surface area contributed by atoms with E-state index in [1.165, 1.54) is 17.8 Å². The highest BCUT2D eigenvalue weighted by atomic mass is 32.1. The molecule has 5 nitrogen and oxygen atoms in total. The van der Waals surface area contributed by atoms with E-state index >= 15 is 0 Å². The molecule has 2 aliphatic rings. The molecule has 1 spiro atoms. The lowest BCUT2D eigenvalue weighted by atomic mass is 9.88. The Bertz CT molecular complexity index is 621. The molecular formula is C17H22N4OS. The number of likely N-dealkylation sites (tertiary alicyclic amines) is 1. The number of hydrogen-bond donors (Lipinski definition) is 1. The van der Waals surface area contributed by atoms with Crippen LogP contribution in [0.15, 0.2) is 36.1 Å². The van der Waals surface area contributed by atoms with Crippen molar-refractivity contribution in [2.24, 2.45) is 0 Å². The summed E-state index contributed by atoms with van der Waals surface area (Å²) >= 11 is 1.84. The number of anilines is 1. The van der Waals surface area contributed by atoms with E-state index in [4.69, 9.17) is 4.74 Å². The average Bonchev–Trinajstić information content (AvgIpc) is 3.19. The number of rotatable bonds is 4. The minimum atomic E-state index is 0.00931. The van der Waals surface area contributed by atoms with Gasteiger partial charge in [0.25, 0.3) is 0 Å². The molecule has 2 saturated heterocycles. The molecule has 0 aliphatic carbocycles. The van der Waals surface area contributed by atoms with Gasteiger partial charge >= 0.3 is 0 Å². The molecule has 0 unspecified atom stereocenters. The van der Waals surface area contributed by atoms with Gasteiger partial charge in [0.05, 0.1) is 24.4 Å². The van der Waals surface area contributed by atoms with Gasteiger partial charge in [-0.3, -0.25) is 9.88 Å². The zero-order chi connectivity index (χ0) is 15.5. The molecule has 2 aliphatic heterocycles. The first kappa shape index (κ1) is 15.1. The molecule has 2 atom stereocenters. The second-order valence-corrected chi connectivity index (χ2v) is 7.56. The summed E-state index contributed by atoms with van der Waals surface area (Å²) in [6, 6.07) is 4.68. The monoisotopic (exact) mass is 330 g/mol. The van der Waals surface area contributed by atoms with Gasteiger partial charge in [0.15, 0.2) is 0 Å². The van der Waals surface area contributed by atoms with Crippen LogP contribution in [0.1, 0.15) is 24.1 Å². The summed E-state index contributed by atoms with van der Waals surface area (Å²) in [4.78, 5) is 12.4. The van der Waals surface area contributed by atoms with Gasteiger partial charge in [0.2, 0.25) is 0 Å². The van der Waals surface area contributed by atoms with Gasteiger partial charge in [-0.2, -0.15) is 0 Å². The van der Waals surface area contributed by atoms with E-state index < -0.39 is 0 Å². The van der Waals surface area contributed by atoms with Gasteiger partial charge in [0, 0.05) is 36.8 Å². The third kappa shape index (κ3) is 3.54. The molecule has 0 bridgehead atoms. The third-order valence-electron chi connectivity index (χ3n) is 4.70. The summed E-state index contributed by atoms with van der Waals surface area (Å²) in [7, 11) is 0. The van der Waals surface area contributed by atoms with Gasteiger partial charge in [-0.1, -0.05) is 6.07 Å².